The molecule has 90 valence electrons. The Hall–Kier alpha value is -0.380. The van der Waals surface area contributed by atoms with Gasteiger partial charge in [-0.25, -0.2) is 0 Å². The van der Waals surface area contributed by atoms with E-state index in [1.54, 1.807) is 11.3 Å². The summed E-state index contributed by atoms with van der Waals surface area (Å²) in [6, 6.07) is 2.60. The summed E-state index contributed by atoms with van der Waals surface area (Å²) < 4.78 is 0. The van der Waals surface area contributed by atoms with E-state index in [4.69, 9.17) is 0 Å². The van der Waals surface area contributed by atoms with E-state index in [-0.39, 0.29) is 12.1 Å². The molecule has 1 saturated carbocycles. The Morgan fingerprint density at radius 1 is 1.62 bits per heavy atom. The number of rotatable bonds is 6. The highest BCUT2D eigenvalue weighted by Crippen LogP contribution is 2.39. The minimum absolute atomic E-state index is 0.0740. The zero-order chi connectivity index (χ0) is 11.6. The monoisotopic (exact) mass is 239 g/mol. The van der Waals surface area contributed by atoms with Crippen molar-refractivity contribution in [2.45, 2.75) is 44.7 Å². The van der Waals surface area contributed by atoms with Crippen molar-refractivity contribution in [1.29, 1.82) is 0 Å². The summed E-state index contributed by atoms with van der Waals surface area (Å²) in [5, 5.41) is 17.4. The number of hydrogen-bond donors (Lipinski definition) is 2. The topological polar surface area (TPSA) is 32.3 Å². The summed E-state index contributed by atoms with van der Waals surface area (Å²) in [4.78, 5) is 0. The molecule has 1 aromatic heterocycles. The van der Waals surface area contributed by atoms with Crippen LogP contribution in [-0.4, -0.2) is 23.3 Å². The first kappa shape index (κ1) is 12.1. The lowest BCUT2D eigenvalue weighted by molar-refractivity contribution is 0.143. The third-order valence-corrected chi connectivity index (χ3v) is 4.24. The molecular formula is C13H21NOS. The van der Waals surface area contributed by atoms with Crippen molar-refractivity contribution in [1.82, 2.24) is 5.32 Å². The molecule has 0 aliphatic heterocycles. The van der Waals surface area contributed by atoms with E-state index in [0.29, 0.717) is 12.0 Å². The fourth-order valence-corrected chi connectivity index (χ4v) is 3.07. The van der Waals surface area contributed by atoms with E-state index in [0.717, 1.165) is 6.42 Å². The highest BCUT2D eigenvalue weighted by atomic mass is 32.1. The summed E-state index contributed by atoms with van der Waals surface area (Å²) >= 11 is 1.75. The Morgan fingerprint density at radius 2 is 2.38 bits per heavy atom. The van der Waals surface area contributed by atoms with Crippen molar-refractivity contribution >= 4 is 11.3 Å². The first-order chi connectivity index (χ1) is 7.64. The zero-order valence-corrected chi connectivity index (χ0v) is 10.9. The van der Waals surface area contributed by atoms with Gasteiger partial charge < -0.3 is 10.4 Å². The lowest BCUT2D eigenvalue weighted by Crippen LogP contribution is -2.52. The van der Waals surface area contributed by atoms with Crippen molar-refractivity contribution in [3.05, 3.63) is 22.4 Å². The van der Waals surface area contributed by atoms with Gasteiger partial charge >= 0.3 is 0 Å². The van der Waals surface area contributed by atoms with E-state index >= 15 is 0 Å². The summed E-state index contributed by atoms with van der Waals surface area (Å²) in [7, 11) is 0. The molecule has 2 rings (SSSR count). The quantitative estimate of drug-likeness (QED) is 0.799. The van der Waals surface area contributed by atoms with E-state index in [1.807, 2.05) is 0 Å². The van der Waals surface area contributed by atoms with Gasteiger partial charge in [0.2, 0.25) is 0 Å². The molecule has 1 heterocycles. The maximum Gasteiger partial charge on any atom is 0.0613 e. The largest absolute Gasteiger partial charge is 0.394 e. The molecule has 1 aliphatic carbocycles. The molecule has 16 heavy (non-hydrogen) atoms. The van der Waals surface area contributed by atoms with Gasteiger partial charge in [0.05, 0.1) is 6.61 Å². The predicted octanol–water partition coefficient (Wildman–Crippen LogP) is 2.43. The number of aliphatic hydroxyl groups excluding tert-OH is 1. The Balaban J connectivity index is 1.88. The van der Waals surface area contributed by atoms with Crippen molar-refractivity contribution < 1.29 is 5.11 Å². The van der Waals surface area contributed by atoms with Crippen molar-refractivity contribution in [3.63, 3.8) is 0 Å². The van der Waals surface area contributed by atoms with Crippen molar-refractivity contribution in [2.75, 3.05) is 6.61 Å². The molecule has 0 radical (unpaired) electrons. The van der Waals surface area contributed by atoms with Crippen LogP contribution in [0.25, 0.3) is 0 Å². The number of hydrogen-bond acceptors (Lipinski definition) is 3. The van der Waals surface area contributed by atoms with E-state index in [2.05, 4.69) is 36.0 Å². The van der Waals surface area contributed by atoms with Gasteiger partial charge in [-0.05, 0) is 61.4 Å². The lowest BCUT2D eigenvalue weighted by atomic mass is 9.95. The fourth-order valence-electron chi connectivity index (χ4n) is 2.39. The minimum Gasteiger partial charge on any atom is -0.394 e. The zero-order valence-electron chi connectivity index (χ0n) is 10.1. The van der Waals surface area contributed by atoms with Crippen molar-refractivity contribution in [3.8, 4) is 0 Å². The van der Waals surface area contributed by atoms with Gasteiger partial charge in [0, 0.05) is 11.6 Å². The predicted molar refractivity (Wildman–Crippen MR) is 68.8 cm³/mol. The van der Waals surface area contributed by atoms with Gasteiger partial charge in [0.25, 0.3) is 0 Å². The van der Waals surface area contributed by atoms with Gasteiger partial charge in [0.1, 0.15) is 0 Å². The first-order valence-corrected chi connectivity index (χ1v) is 6.98. The molecule has 2 nitrogen and oxygen atoms in total. The normalized spacial score (nSPS) is 21.7. The standard InChI is InChI=1S/C13H21NOS/c1-10(7-11-5-6-16-8-11)14-13(2,9-15)12-3-4-12/h5-6,8,10,12,14-15H,3-4,7,9H2,1-2H3. The molecule has 0 saturated heterocycles. The van der Waals surface area contributed by atoms with Gasteiger partial charge in [-0.3, -0.25) is 0 Å². The number of nitrogens with one attached hydrogen (secondary N) is 1. The molecule has 0 aromatic carbocycles. The SMILES string of the molecule is CC(Cc1ccsc1)NC(C)(CO)C1CC1. The first-order valence-electron chi connectivity index (χ1n) is 6.03. The third kappa shape index (κ3) is 2.84. The smallest absolute Gasteiger partial charge is 0.0613 e. The van der Waals surface area contributed by atoms with Crippen LogP contribution in [0.15, 0.2) is 16.8 Å². The number of thiophene rings is 1. The molecule has 1 fully saturated rings. The van der Waals surface area contributed by atoms with Gasteiger partial charge in [-0.15, -0.1) is 0 Å². The third-order valence-electron chi connectivity index (χ3n) is 3.50. The second kappa shape index (κ2) is 4.86. The van der Waals surface area contributed by atoms with E-state index < -0.39 is 0 Å². The minimum atomic E-state index is -0.0740. The second-order valence-electron chi connectivity index (χ2n) is 5.23. The fraction of sp³-hybridized carbons (Fsp3) is 0.692. The molecule has 0 bridgehead atoms. The summed E-state index contributed by atoms with van der Waals surface area (Å²) in [5.41, 5.74) is 1.32. The van der Waals surface area contributed by atoms with Gasteiger partial charge in [-0.1, -0.05) is 0 Å². The van der Waals surface area contributed by atoms with E-state index in [9.17, 15) is 5.11 Å². The Labute approximate surface area is 102 Å². The van der Waals surface area contributed by atoms with E-state index in [1.165, 1.54) is 18.4 Å². The van der Waals surface area contributed by atoms with Crippen LogP contribution in [0.3, 0.4) is 0 Å². The molecule has 0 spiro atoms. The summed E-state index contributed by atoms with van der Waals surface area (Å²) in [5.74, 6) is 0.669. The Kier molecular flexibility index (Phi) is 3.67. The molecule has 0 amide bonds. The van der Waals surface area contributed by atoms with Crippen LogP contribution in [0, 0.1) is 5.92 Å². The maximum atomic E-state index is 9.51. The van der Waals surface area contributed by atoms with Crippen LogP contribution in [0.4, 0.5) is 0 Å². The summed E-state index contributed by atoms with van der Waals surface area (Å²) in [6.45, 7) is 4.59. The van der Waals surface area contributed by atoms with Crippen LogP contribution in [0.2, 0.25) is 0 Å². The summed E-state index contributed by atoms with van der Waals surface area (Å²) in [6.07, 6.45) is 3.57. The van der Waals surface area contributed by atoms with Crippen LogP contribution >= 0.6 is 11.3 Å². The molecule has 2 N–H and O–H groups in total. The molecular weight excluding hydrogens is 218 g/mol. The highest BCUT2D eigenvalue weighted by molar-refractivity contribution is 7.07. The van der Waals surface area contributed by atoms with Crippen LogP contribution in [0.1, 0.15) is 32.3 Å². The Morgan fingerprint density at radius 3 is 2.88 bits per heavy atom. The Bertz CT molecular complexity index is 321. The average molecular weight is 239 g/mol. The van der Waals surface area contributed by atoms with Gasteiger partial charge in [0.15, 0.2) is 0 Å². The molecule has 2 unspecified atom stereocenters. The lowest BCUT2D eigenvalue weighted by Gasteiger charge is -2.32. The van der Waals surface area contributed by atoms with Crippen molar-refractivity contribution in [2.24, 2.45) is 5.92 Å². The molecule has 1 aliphatic rings. The number of aliphatic hydroxyl groups is 1. The molecule has 1 aromatic rings. The highest BCUT2D eigenvalue weighted by Gasteiger charge is 2.41. The second-order valence-corrected chi connectivity index (χ2v) is 6.01. The van der Waals surface area contributed by atoms with Crippen LogP contribution < -0.4 is 5.32 Å². The average Bonchev–Trinajstić information content (AvgIpc) is 3.00. The maximum absolute atomic E-state index is 9.51. The van der Waals surface area contributed by atoms with Crippen LogP contribution in [0.5, 0.6) is 0 Å². The molecule has 3 heteroatoms. The van der Waals surface area contributed by atoms with Gasteiger partial charge in [-0.2, -0.15) is 11.3 Å². The molecule has 2 atom stereocenters. The van der Waals surface area contributed by atoms with Crippen LogP contribution in [-0.2, 0) is 6.42 Å².